The third-order valence-corrected chi connectivity index (χ3v) is 9.75. The average molecular weight is 725 g/mol. The molecule has 0 aliphatic carbocycles. The van der Waals surface area contributed by atoms with Crippen LogP contribution in [-0.4, -0.2) is 104 Å². The number of hydrogen-bond donors (Lipinski definition) is 2. The van der Waals surface area contributed by atoms with E-state index in [1.165, 1.54) is 37.2 Å². The molecule has 1 aromatic heterocycles. The number of methoxy groups -OCH3 is 1. The first-order valence-electron chi connectivity index (χ1n) is 14.9. The van der Waals surface area contributed by atoms with Crippen LogP contribution in [0.3, 0.4) is 0 Å². The standard InChI is InChI=1S/C31H43BrN7O4P.2H2O/c1-21-7-8-25(29(17-21)43-44(41-5)42-6)34-30-24(32)20-33-31(36-30)35-26-18-22(2)27(19-28(26)40-4)39-11-9-23(10-12-39)38-15-13-37(3)14-16-38;;/h7-8,17-20,23H,9-16H2,1-6H3,(H2,33,34,35,36);2*1H2. The highest BCUT2D eigenvalue weighted by molar-refractivity contribution is 9.10. The van der Waals surface area contributed by atoms with Crippen LogP contribution >= 0.6 is 24.5 Å². The van der Waals surface area contributed by atoms with E-state index in [0.717, 1.165) is 48.9 Å². The van der Waals surface area contributed by atoms with Crippen LogP contribution in [0.1, 0.15) is 24.0 Å². The topological polar surface area (TPSA) is 159 Å². The molecule has 2 aliphatic heterocycles. The number of aromatic nitrogens is 2. The molecule has 2 aliphatic rings. The SMILES string of the molecule is COc1cc(N2CCC(N3CCN(C)CC3)CC2)c(C)cc1Nc1ncc(Br)c(Nc2ccc(C)cc2OP(OC)OC)n1.O.O. The van der Waals surface area contributed by atoms with E-state index in [1.807, 2.05) is 25.1 Å². The van der Waals surface area contributed by atoms with Crippen LogP contribution in [0, 0.1) is 13.8 Å². The van der Waals surface area contributed by atoms with E-state index in [2.05, 4.69) is 72.4 Å². The van der Waals surface area contributed by atoms with Gasteiger partial charge in [-0.3, -0.25) is 4.90 Å². The van der Waals surface area contributed by atoms with Crippen molar-refractivity contribution in [3.05, 3.63) is 52.1 Å². The smallest absolute Gasteiger partial charge is 0.396 e. The number of likely N-dealkylation sites (N-methyl/N-ethyl adjacent to an activating group) is 1. The zero-order chi connectivity index (χ0) is 31.2. The van der Waals surface area contributed by atoms with Crippen molar-refractivity contribution in [2.45, 2.75) is 32.7 Å². The third kappa shape index (κ3) is 9.17. The van der Waals surface area contributed by atoms with E-state index >= 15 is 0 Å². The summed E-state index contributed by atoms with van der Waals surface area (Å²) in [6.07, 6.45) is 4.07. The van der Waals surface area contributed by atoms with Gasteiger partial charge in [-0.15, -0.1) is 0 Å². The molecule has 254 valence electrons. The summed E-state index contributed by atoms with van der Waals surface area (Å²) in [7, 11) is 5.49. The second kappa shape index (κ2) is 17.4. The first-order valence-corrected chi connectivity index (χ1v) is 16.8. The molecule has 13 nitrogen and oxygen atoms in total. The van der Waals surface area contributed by atoms with Gasteiger partial charge in [0.15, 0.2) is 5.75 Å². The molecule has 5 rings (SSSR count). The Bertz CT molecular complexity index is 1420. The van der Waals surface area contributed by atoms with Gasteiger partial charge in [0.2, 0.25) is 5.95 Å². The number of aryl methyl sites for hydroxylation is 2. The molecule has 0 saturated carbocycles. The lowest BCUT2D eigenvalue weighted by Crippen LogP contribution is -2.52. The number of nitrogens with one attached hydrogen (secondary N) is 2. The number of benzene rings is 2. The van der Waals surface area contributed by atoms with Crippen molar-refractivity contribution in [3.8, 4) is 11.5 Å². The minimum Gasteiger partial charge on any atom is -0.494 e. The molecule has 15 heteroatoms. The number of halogens is 1. The highest BCUT2D eigenvalue weighted by Crippen LogP contribution is 2.43. The molecular weight excluding hydrogens is 677 g/mol. The Hall–Kier alpha value is -2.81. The third-order valence-electron chi connectivity index (χ3n) is 8.23. The van der Waals surface area contributed by atoms with Crippen LogP contribution in [0.2, 0.25) is 0 Å². The van der Waals surface area contributed by atoms with E-state index in [4.69, 9.17) is 23.3 Å². The maximum atomic E-state index is 5.97. The van der Waals surface area contributed by atoms with Crippen LogP contribution in [-0.2, 0) is 9.05 Å². The molecule has 3 aromatic rings. The van der Waals surface area contributed by atoms with E-state index in [9.17, 15) is 0 Å². The Kier molecular flexibility index (Phi) is 14.2. The fourth-order valence-electron chi connectivity index (χ4n) is 5.74. The van der Waals surface area contributed by atoms with Gasteiger partial charge in [0.1, 0.15) is 11.6 Å². The predicted molar refractivity (Wildman–Crippen MR) is 188 cm³/mol. The molecule has 0 amide bonds. The van der Waals surface area contributed by atoms with Crippen molar-refractivity contribution in [2.75, 3.05) is 83.2 Å². The van der Waals surface area contributed by atoms with Crippen LogP contribution in [0.4, 0.5) is 28.8 Å². The van der Waals surface area contributed by atoms with Crippen LogP contribution < -0.4 is 24.8 Å². The molecule has 0 unspecified atom stereocenters. The van der Waals surface area contributed by atoms with Crippen LogP contribution in [0.25, 0.3) is 0 Å². The lowest BCUT2D eigenvalue weighted by atomic mass is 10.0. The minimum atomic E-state index is -1.52. The molecule has 3 heterocycles. The van der Waals surface area contributed by atoms with E-state index in [1.54, 1.807) is 27.5 Å². The zero-order valence-electron chi connectivity index (χ0n) is 27.4. The van der Waals surface area contributed by atoms with Crippen molar-refractivity contribution in [2.24, 2.45) is 0 Å². The van der Waals surface area contributed by atoms with Gasteiger partial charge in [-0.1, -0.05) is 6.07 Å². The Morgan fingerprint density at radius 3 is 2.22 bits per heavy atom. The predicted octanol–water partition coefficient (Wildman–Crippen LogP) is 4.82. The van der Waals surface area contributed by atoms with E-state index in [-0.39, 0.29) is 11.0 Å². The Morgan fingerprint density at radius 2 is 1.57 bits per heavy atom. The molecule has 0 radical (unpaired) electrons. The summed E-state index contributed by atoms with van der Waals surface area (Å²) in [4.78, 5) is 16.9. The Labute approximate surface area is 281 Å². The Balaban J connectivity index is 0.00000288. The lowest BCUT2D eigenvalue weighted by molar-refractivity contribution is 0.0982. The number of piperidine rings is 1. The minimum absolute atomic E-state index is 0. The quantitative estimate of drug-likeness (QED) is 0.261. The van der Waals surface area contributed by atoms with Gasteiger partial charge in [-0.2, -0.15) is 4.98 Å². The second-order valence-electron chi connectivity index (χ2n) is 11.2. The number of nitrogens with zero attached hydrogens (tertiary/aromatic N) is 5. The molecule has 0 bridgehead atoms. The lowest BCUT2D eigenvalue weighted by Gasteiger charge is -2.43. The van der Waals surface area contributed by atoms with Gasteiger partial charge in [-0.05, 0) is 79.0 Å². The average Bonchev–Trinajstić information content (AvgIpc) is 3.03. The fraction of sp³-hybridized carbons (Fsp3) is 0.484. The van der Waals surface area contributed by atoms with Gasteiger partial charge in [0.25, 0.3) is 0 Å². The monoisotopic (exact) mass is 723 g/mol. The molecular formula is C31H47BrN7O6P. The van der Waals surface area contributed by atoms with Crippen molar-refractivity contribution < 1.29 is 29.3 Å². The van der Waals surface area contributed by atoms with Crippen molar-refractivity contribution in [1.29, 1.82) is 0 Å². The number of piperazine rings is 1. The normalized spacial score (nSPS) is 16.0. The Morgan fingerprint density at radius 1 is 0.870 bits per heavy atom. The molecule has 0 atom stereocenters. The maximum Gasteiger partial charge on any atom is 0.396 e. The van der Waals surface area contributed by atoms with Gasteiger partial charge < -0.3 is 49.7 Å². The fourth-order valence-corrected chi connectivity index (χ4v) is 6.64. The molecule has 2 saturated heterocycles. The number of ether oxygens (including phenoxy) is 1. The summed E-state index contributed by atoms with van der Waals surface area (Å²) < 4.78 is 23.1. The summed E-state index contributed by atoms with van der Waals surface area (Å²) in [5.74, 6) is 2.35. The van der Waals surface area contributed by atoms with E-state index in [0.29, 0.717) is 28.0 Å². The molecule has 0 spiro atoms. The second-order valence-corrected chi connectivity index (χ2v) is 13.4. The molecule has 2 aromatic carbocycles. The molecule has 6 N–H and O–H groups in total. The number of hydrogen-bond acceptors (Lipinski definition) is 11. The van der Waals surface area contributed by atoms with Crippen molar-refractivity contribution in [1.82, 2.24) is 19.8 Å². The van der Waals surface area contributed by atoms with Gasteiger partial charge in [0, 0.05) is 77.5 Å². The zero-order valence-corrected chi connectivity index (χ0v) is 29.9. The summed E-state index contributed by atoms with van der Waals surface area (Å²) in [6, 6.07) is 10.8. The number of anilines is 5. The van der Waals surface area contributed by atoms with E-state index < -0.39 is 8.60 Å². The van der Waals surface area contributed by atoms with Gasteiger partial charge in [0.05, 0.1) is 23.0 Å². The highest BCUT2D eigenvalue weighted by Gasteiger charge is 2.28. The summed E-state index contributed by atoms with van der Waals surface area (Å²) >= 11 is 3.58. The highest BCUT2D eigenvalue weighted by atomic mass is 79.9. The van der Waals surface area contributed by atoms with Gasteiger partial charge in [-0.25, -0.2) is 4.98 Å². The first kappa shape index (κ1) is 37.6. The maximum absolute atomic E-state index is 5.97. The largest absolute Gasteiger partial charge is 0.494 e. The number of rotatable bonds is 11. The van der Waals surface area contributed by atoms with Crippen LogP contribution in [0.15, 0.2) is 41.0 Å². The summed E-state index contributed by atoms with van der Waals surface area (Å²) in [5, 5.41) is 6.73. The summed E-state index contributed by atoms with van der Waals surface area (Å²) in [5.41, 5.74) is 4.96. The molecule has 46 heavy (non-hydrogen) atoms. The van der Waals surface area contributed by atoms with Gasteiger partial charge >= 0.3 is 8.60 Å². The molecule has 2 fully saturated rings. The first-order chi connectivity index (χ1) is 21.3. The van der Waals surface area contributed by atoms with Crippen molar-refractivity contribution >= 4 is 53.4 Å². The summed E-state index contributed by atoms with van der Waals surface area (Å²) in [6.45, 7) is 10.9. The van der Waals surface area contributed by atoms with Crippen molar-refractivity contribution in [3.63, 3.8) is 0 Å². The van der Waals surface area contributed by atoms with Crippen LogP contribution in [0.5, 0.6) is 11.5 Å².